The average molecular weight is 375 g/mol. The highest BCUT2D eigenvalue weighted by molar-refractivity contribution is 6.04. The van der Waals surface area contributed by atoms with E-state index in [9.17, 15) is 9.59 Å². The highest BCUT2D eigenvalue weighted by Crippen LogP contribution is 2.29. The van der Waals surface area contributed by atoms with Crippen molar-refractivity contribution in [3.8, 4) is 0 Å². The summed E-state index contributed by atoms with van der Waals surface area (Å²) in [5.41, 5.74) is 5.83. The smallest absolute Gasteiger partial charge is 0.271 e. The van der Waals surface area contributed by atoms with Gasteiger partial charge >= 0.3 is 0 Å². The van der Waals surface area contributed by atoms with Crippen LogP contribution in [0, 0.1) is 20.8 Å². The Bertz CT molecular complexity index is 1050. The molecule has 1 aromatic heterocycles. The number of aromatic nitrogens is 1. The molecular formula is C23H25N3O2. The molecule has 1 unspecified atom stereocenters. The molecular weight excluding hydrogens is 350 g/mol. The molecule has 4 rings (SSSR count). The van der Waals surface area contributed by atoms with Crippen LogP contribution in [0.4, 0.5) is 0 Å². The van der Waals surface area contributed by atoms with Gasteiger partial charge in [-0.3, -0.25) is 9.59 Å². The maximum atomic E-state index is 13.5. The molecule has 0 spiro atoms. The highest BCUT2D eigenvalue weighted by Gasteiger charge is 2.35. The van der Waals surface area contributed by atoms with E-state index in [1.54, 1.807) is 4.90 Å². The number of hydrogen-bond donors (Lipinski definition) is 2. The summed E-state index contributed by atoms with van der Waals surface area (Å²) in [5, 5.41) is 4.01. The standard InChI is InChI=1S/C23H25N3O2/c1-14-9-10-15(2)20-19(14)16(3)21(25-20)23(28)26-12-11-24-22(27)18(26)13-17-7-5-4-6-8-17/h4-10,18,25H,11-13H2,1-3H3,(H,24,27). The molecule has 0 bridgehead atoms. The lowest BCUT2D eigenvalue weighted by Gasteiger charge is -2.35. The molecule has 0 saturated carbocycles. The lowest BCUT2D eigenvalue weighted by Crippen LogP contribution is -2.58. The number of carbonyl (C=O) groups excluding carboxylic acids is 2. The first-order valence-corrected chi connectivity index (χ1v) is 9.68. The van der Waals surface area contributed by atoms with Crippen LogP contribution in [-0.2, 0) is 11.2 Å². The summed E-state index contributed by atoms with van der Waals surface area (Å²) in [5.74, 6) is -0.201. The Morgan fingerprint density at radius 1 is 1.07 bits per heavy atom. The van der Waals surface area contributed by atoms with Crippen LogP contribution in [0.2, 0.25) is 0 Å². The largest absolute Gasteiger partial charge is 0.353 e. The molecule has 1 atom stereocenters. The Labute approximate surface area is 164 Å². The van der Waals surface area contributed by atoms with Crippen molar-refractivity contribution < 1.29 is 9.59 Å². The van der Waals surface area contributed by atoms with Crippen LogP contribution in [0.3, 0.4) is 0 Å². The van der Waals surface area contributed by atoms with Gasteiger partial charge in [-0.15, -0.1) is 0 Å². The Morgan fingerprint density at radius 2 is 1.79 bits per heavy atom. The van der Waals surface area contributed by atoms with Crippen LogP contribution in [0.1, 0.15) is 32.7 Å². The van der Waals surface area contributed by atoms with Crippen molar-refractivity contribution in [3.63, 3.8) is 0 Å². The predicted molar refractivity (Wildman–Crippen MR) is 110 cm³/mol. The van der Waals surface area contributed by atoms with E-state index in [2.05, 4.69) is 29.4 Å². The number of piperazine rings is 1. The number of aromatic amines is 1. The number of benzene rings is 2. The van der Waals surface area contributed by atoms with Crippen molar-refractivity contribution in [2.45, 2.75) is 33.2 Å². The topological polar surface area (TPSA) is 65.2 Å². The van der Waals surface area contributed by atoms with Crippen LogP contribution in [-0.4, -0.2) is 40.8 Å². The second-order valence-corrected chi connectivity index (χ2v) is 7.57. The van der Waals surface area contributed by atoms with Gasteiger partial charge in [0.05, 0.1) is 0 Å². The van der Waals surface area contributed by atoms with E-state index in [0.717, 1.165) is 33.2 Å². The molecule has 2 N–H and O–H groups in total. The minimum absolute atomic E-state index is 0.0930. The normalized spacial score (nSPS) is 17.0. The van der Waals surface area contributed by atoms with Crippen LogP contribution in [0.5, 0.6) is 0 Å². The maximum absolute atomic E-state index is 13.5. The van der Waals surface area contributed by atoms with Gasteiger partial charge in [0, 0.05) is 30.4 Å². The number of nitrogens with one attached hydrogen (secondary N) is 2. The van der Waals surface area contributed by atoms with Gasteiger partial charge in [-0.1, -0.05) is 42.5 Å². The number of amides is 2. The van der Waals surface area contributed by atoms with Crippen molar-refractivity contribution in [1.29, 1.82) is 0 Å². The zero-order valence-corrected chi connectivity index (χ0v) is 16.5. The zero-order valence-electron chi connectivity index (χ0n) is 16.5. The van der Waals surface area contributed by atoms with Crippen molar-refractivity contribution in [3.05, 3.63) is 70.4 Å². The first-order valence-electron chi connectivity index (χ1n) is 9.68. The summed E-state index contributed by atoms with van der Waals surface area (Å²) in [6, 6.07) is 13.5. The molecule has 1 aliphatic heterocycles. The first kappa shape index (κ1) is 18.3. The number of aryl methyl sites for hydroxylation is 3. The molecule has 2 heterocycles. The number of H-pyrrole nitrogens is 1. The highest BCUT2D eigenvalue weighted by atomic mass is 16.2. The lowest BCUT2D eigenvalue weighted by atomic mass is 10.0. The fourth-order valence-corrected chi connectivity index (χ4v) is 4.15. The summed E-state index contributed by atoms with van der Waals surface area (Å²) >= 11 is 0. The Balaban J connectivity index is 1.72. The van der Waals surface area contributed by atoms with Gasteiger partial charge in [0.15, 0.2) is 0 Å². The van der Waals surface area contributed by atoms with Gasteiger partial charge in [-0.05, 0) is 43.0 Å². The van der Waals surface area contributed by atoms with E-state index in [4.69, 9.17) is 0 Å². The van der Waals surface area contributed by atoms with Crippen LogP contribution >= 0.6 is 0 Å². The van der Waals surface area contributed by atoms with Crippen molar-refractivity contribution in [1.82, 2.24) is 15.2 Å². The Morgan fingerprint density at radius 3 is 2.50 bits per heavy atom. The summed E-state index contributed by atoms with van der Waals surface area (Å²) in [6.45, 7) is 7.07. The Kier molecular flexibility index (Phi) is 4.67. The summed E-state index contributed by atoms with van der Waals surface area (Å²) < 4.78 is 0. The summed E-state index contributed by atoms with van der Waals surface area (Å²) in [6.07, 6.45) is 0.510. The fourth-order valence-electron chi connectivity index (χ4n) is 4.15. The van der Waals surface area contributed by atoms with E-state index in [1.165, 1.54) is 0 Å². The monoisotopic (exact) mass is 375 g/mol. The average Bonchev–Trinajstić information content (AvgIpc) is 3.05. The van der Waals surface area contributed by atoms with Crippen LogP contribution < -0.4 is 5.32 Å². The number of rotatable bonds is 3. The summed E-state index contributed by atoms with van der Waals surface area (Å²) in [7, 11) is 0. The van der Waals surface area contributed by atoms with Gasteiger partial charge in [0.1, 0.15) is 11.7 Å². The molecule has 5 nitrogen and oxygen atoms in total. The quantitative estimate of drug-likeness (QED) is 0.738. The summed E-state index contributed by atoms with van der Waals surface area (Å²) in [4.78, 5) is 31.1. The molecule has 144 valence electrons. The molecule has 28 heavy (non-hydrogen) atoms. The van der Waals surface area contributed by atoms with E-state index in [1.807, 2.05) is 44.2 Å². The third-order valence-corrected chi connectivity index (χ3v) is 5.70. The predicted octanol–water partition coefficient (Wildman–Crippen LogP) is 3.28. The molecule has 2 amide bonds. The Hall–Kier alpha value is -3.08. The fraction of sp³-hybridized carbons (Fsp3) is 0.304. The van der Waals surface area contributed by atoms with Crippen molar-refractivity contribution in [2.24, 2.45) is 0 Å². The molecule has 1 fully saturated rings. The minimum Gasteiger partial charge on any atom is -0.353 e. The lowest BCUT2D eigenvalue weighted by molar-refractivity contribution is -0.127. The van der Waals surface area contributed by atoms with Crippen molar-refractivity contribution in [2.75, 3.05) is 13.1 Å². The van der Waals surface area contributed by atoms with Crippen LogP contribution in [0.15, 0.2) is 42.5 Å². The molecule has 5 heteroatoms. The van der Waals surface area contributed by atoms with Gasteiger partial charge in [0.2, 0.25) is 5.91 Å². The number of carbonyl (C=O) groups is 2. The van der Waals surface area contributed by atoms with Gasteiger partial charge in [-0.2, -0.15) is 0 Å². The molecule has 1 saturated heterocycles. The molecule has 0 aliphatic carbocycles. The van der Waals surface area contributed by atoms with E-state index < -0.39 is 6.04 Å². The van der Waals surface area contributed by atoms with Gasteiger partial charge in [-0.25, -0.2) is 0 Å². The third kappa shape index (κ3) is 3.07. The first-order chi connectivity index (χ1) is 13.5. The molecule has 1 aliphatic rings. The molecule has 0 radical (unpaired) electrons. The number of nitrogens with zero attached hydrogens (tertiary/aromatic N) is 1. The van der Waals surface area contributed by atoms with E-state index >= 15 is 0 Å². The van der Waals surface area contributed by atoms with Gasteiger partial charge in [0.25, 0.3) is 5.91 Å². The molecule has 3 aromatic rings. The van der Waals surface area contributed by atoms with E-state index in [0.29, 0.717) is 25.2 Å². The number of hydrogen-bond acceptors (Lipinski definition) is 2. The van der Waals surface area contributed by atoms with Crippen molar-refractivity contribution >= 4 is 22.7 Å². The molecule has 2 aromatic carbocycles. The SMILES string of the molecule is Cc1ccc(C)c2c(C)c(C(=O)N3CCNC(=O)C3Cc3ccccc3)[nH]c12. The van der Waals surface area contributed by atoms with Gasteiger partial charge < -0.3 is 15.2 Å². The minimum atomic E-state index is -0.503. The number of fused-ring (bicyclic) bond motifs is 1. The zero-order chi connectivity index (χ0) is 19.8. The second kappa shape index (κ2) is 7.15. The van der Waals surface area contributed by atoms with Crippen LogP contribution in [0.25, 0.3) is 10.9 Å². The second-order valence-electron chi connectivity index (χ2n) is 7.57. The van der Waals surface area contributed by atoms with E-state index in [-0.39, 0.29) is 11.8 Å². The third-order valence-electron chi connectivity index (χ3n) is 5.70. The maximum Gasteiger partial charge on any atom is 0.271 e.